The second-order valence-corrected chi connectivity index (χ2v) is 18.1. The molecule has 6 nitrogen and oxygen atoms in total. The molecule has 2 heterocycles. The molecule has 1 saturated carbocycles. The van der Waals surface area contributed by atoms with Gasteiger partial charge in [-0.2, -0.15) is 0 Å². The van der Waals surface area contributed by atoms with Gasteiger partial charge in [0.1, 0.15) is 12.4 Å². The van der Waals surface area contributed by atoms with E-state index < -0.39 is 14.4 Å². The normalized spacial score (nSPS) is 29.2. The molecule has 0 bridgehead atoms. The van der Waals surface area contributed by atoms with Crippen LogP contribution in [0, 0.1) is 36.0 Å². The summed E-state index contributed by atoms with van der Waals surface area (Å²) in [7, 11) is -2.03. The van der Waals surface area contributed by atoms with Gasteiger partial charge in [0.25, 0.3) is 0 Å². The van der Waals surface area contributed by atoms with Gasteiger partial charge in [-0.1, -0.05) is 50.8 Å². The number of para-hydroxylation sites is 1. The summed E-state index contributed by atoms with van der Waals surface area (Å²) < 4.78 is 38.2. The highest BCUT2D eigenvalue weighted by atomic mass is 28.4. The molecule has 42 heavy (non-hydrogen) atoms. The van der Waals surface area contributed by atoms with Crippen molar-refractivity contribution in [3.63, 3.8) is 0 Å². The van der Waals surface area contributed by atoms with Crippen molar-refractivity contribution < 1.29 is 28.1 Å². The quantitative estimate of drug-likeness (QED) is 0.197. The first-order valence-corrected chi connectivity index (χ1v) is 18.9. The van der Waals surface area contributed by atoms with E-state index in [1.165, 1.54) is 0 Å². The molecular weight excluding hydrogens is 544 g/mol. The van der Waals surface area contributed by atoms with E-state index in [4.69, 9.17) is 34.5 Å². The van der Waals surface area contributed by atoms with Crippen LogP contribution in [-0.2, 0) is 23.4 Å². The smallest absolute Gasteiger partial charge is 0.192 e. The van der Waals surface area contributed by atoms with Gasteiger partial charge in [-0.15, -0.1) is 12.3 Å². The number of hydrogen-bond acceptors (Lipinski definition) is 6. The summed E-state index contributed by atoms with van der Waals surface area (Å²) in [6.07, 6.45) is 13.3. The lowest BCUT2D eigenvalue weighted by Gasteiger charge is -2.40. The fourth-order valence-corrected chi connectivity index (χ4v) is 7.09. The SMILES string of the molecule is C#CCC[C@@H]1[C@@H](C#C[C@@H](COc2ccccc2)OC2CCCCO2)[C@H](OC2CCCCO2)C[C@@H]1O[Si](C)(C)C(C)(C)C. The fraction of sp³-hybridized carbons (Fsp3) is 0.714. The lowest BCUT2D eigenvalue weighted by atomic mass is 9.89. The summed E-state index contributed by atoms with van der Waals surface area (Å²) in [5, 5.41) is 0.101. The molecule has 3 fully saturated rings. The topological polar surface area (TPSA) is 55.4 Å². The zero-order valence-corrected chi connectivity index (χ0v) is 27.4. The zero-order chi connectivity index (χ0) is 30.0. The first-order valence-electron chi connectivity index (χ1n) is 16.0. The monoisotopic (exact) mass is 596 g/mol. The number of benzene rings is 1. The second-order valence-electron chi connectivity index (χ2n) is 13.4. The Hall–Kier alpha value is -1.84. The molecule has 2 unspecified atom stereocenters. The molecule has 232 valence electrons. The van der Waals surface area contributed by atoms with Crippen LogP contribution in [0.4, 0.5) is 0 Å². The van der Waals surface area contributed by atoms with E-state index in [0.717, 1.165) is 63.7 Å². The Morgan fingerprint density at radius 3 is 2.29 bits per heavy atom. The van der Waals surface area contributed by atoms with E-state index in [-0.39, 0.29) is 41.7 Å². The molecule has 7 atom stereocenters. The van der Waals surface area contributed by atoms with Crippen molar-refractivity contribution in [2.45, 2.75) is 128 Å². The number of terminal acetylenes is 1. The molecule has 0 aromatic heterocycles. The Morgan fingerprint density at radius 1 is 0.976 bits per heavy atom. The highest BCUT2D eigenvalue weighted by Gasteiger charge is 2.49. The summed E-state index contributed by atoms with van der Waals surface area (Å²) in [5.74, 6) is 10.9. The van der Waals surface area contributed by atoms with Gasteiger partial charge < -0.3 is 28.1 Å². The summed E-state index contributed by atoms with van der Waals surface area (Å²) in [6, 6.07) is 9.81. The van der Waals surface area contributed by atoms with Crippen molar-refractivity contribution in [3.8, 4) is 29.9 Å². The van der Waals surface area contributed by atoms with E-state index in [0.29, 0.717) is 19.6 Å². The van der Waals surface area contributed by atoms with E-state index >= 15 is 0 Å². The minimum absolute atomic E-state index is 0.0359. The Bertz CT molecular complexity index is 1040. The Labute approximate surface area is 255 Å². The van der Waals surface area contributed by atoms with Crippen LogP contribution in [0.25, 0.3) is 0 Å². The molecule has 0 N–H and O–H groups in total. The van der Waals surface area contributed by atoms with Crippen molar-refractivity contribution in [1.29, 1.82) is 0 Å². The average molecular weight is 597 g/mol. The summed E-state index contributed by atoms with van der Waals surface area (Å²) >= 11 is 0. The first-order chi connectivity index (χ1) is 20.2. The summed E-state index contributed by atoms with van der Waals surface area (Å²) in [4.78, 5) is 0. The summed E-state index contributed by atoms with van der Waals surface area (Å²) in [6.45, 7) is 13.3. The van der Waals surface area contributed by atoms with Crippen LogP contribution in [0.15, 0.2) is 30.3 Å². The molecule has 7 heteroatoms. The van der Waals surface area contributed by atoms with Crippen molar-refractivity contribution in [2.24, 2.45) is 11.8 Å². The van der Waals surface area contributed by atoms with Crippen molar-refractivity contribution >= 4 is 8.32 Å². The predicted octanol–water partition coefficient (Wildman–Crippen LogP) is 7.33. The van der Waals surface area contributed by atoms with Gasteiger partial charge in [0, 0.05) is 32.0 Å². The third-order valence-corrected chi connectivity index (χ3v) is 13.7. The average Bonchev–Trinajstić information content (AvgIpc) is 3.28. The predicted molar refractivity (Wildman–Crippen MR) is 168 cm³/mol. The largest absolute Gasteiger partial charge is 0.490 e. The summed E-state index contributed by atoms with van der Waals surface area (Å²) in [5.41, 5.74) is 0. The number of hydrogen-bond donors (Lipinski definition) is 0. The molecular formula is C35H52O6Si. The highest BCUT2D eigenvalue weighted by Crippen LogP contribution is 2.45. The Balaban J connectivity index is 1.59. The van der Waals surface area contributed by atoms with Gasteiger partial charge in [0.05, 0.1) is 18.1 Å². The van der Waals surface area contributed by atoms with Crippen molar-refractivity contribution in [2.75, 3.05) is 19.8 Å². The fourth-order valence-electron chi connectivity index (χ4n) is 5.71. The maximum Gasteiger partial charge on any atom is 0.192 e. The zero-order valence-electron chi connectivity index (χ0n) is 26.4. The van der Waals surface area contributed by atoms with Crippen LogP contribution in [-0.4, -0.2) is 59.0 Å². The lowest BCUT2D eigenvalue weighted by Crippen LogP contribution is -2.45. The highest BCUT2D eigenvalue weighted by molar-refractivity contribution is 6.74. The van der Waals surface area contributed by atoms with E-state index in [2.05, 4.69) is 51.6 Å². The Kier molecular flexibility index (Phi) is 12.4. The maximum atomic E-state index is 7.06. The lowest BCUT2D eigenvalue weighted by molar-refractivity contribution is -0.192. The van der Waals surface area contributed by atoms with Crippen molar-refractivity contribution in [1.82, 2.24) is 0 Å². The molecule has 2 saturated heterocycles. The third kappa shape index (κ3) is 9.58. The molecule has 0 spiro atoms. The van der Waals surface area contributed by atoms with E-state index in [1.807, 2.05) is 30.3 Å². The minimum atomic E-state index is -2.03. The van der Waals surface area contributed by atoms with Gasteiger partial charge in [-0.05, 0) is 75.2 Å². The van der Waals surface area contributed by atoms with Crippen LogP contribution in [0.5, 0.6) is 5.75 Å². The Morgan fingerprint density at radius 2 is 1.67 bits per heavy atom. The molecule has 1 aromatic carbocycles. The minimum Gasteiger partial charge on any atom is -0.490 e. The van der Waals surface area contributed by atoms with Crippen LogP contribution >= 0.6 is 0 Å². The number of ether oxygens (including phenoxy) is 5. The molecule has 4 rings (SSSR count). The van der Waals surface area contributed by atoms with Crippen LogP contribution < -0.4 is 4.74 Å². The van der Waals surface area contributed by atoms with E-state index in [9.17, 15) is 0 Å². The molecule has 3 aliphatic rings. The molecule has 1 aromatic rings. The molecule has 2 aliphatic heterocycles. The second kappa shape index (κ2) is 15.8. The van der Waals surface area contributed by atoms with Gasteiger partial charge >= 0.3 is 0 Å². The van der Waals surface area contributed by atoms with Gasteiger partial charge in [-0.3, -0.25) is 0 Å². The van der Waals surface area contributed by atoms with Gasteiger partial charge in [0.15, 0.2) is 27.0 Å². The van der Waals surface area contributed by atoms with Crippen LogP contribution in [0.2, 0.25) is 18.1 Å². The standard InChI is InChI=1S/C35H52O6Si/c1-7-8-18-29-30(22-21-28(39-33-19-12-14-23-36-33)26-38-27-16-10-9-11-17-27)31(40-34-20-13-15-24-37-34)25-32(29)41-42(5,6)35(2,3)4/h1,9-11,16-17,28-34H,8,12-15,18-20,23-26H2,2-6H3/t28-,29+,30+,31+,32-,33?,34?/m0/s1. The van der Waals surface area contributed by atoms with Crippen LogP contribution in [0.3, 0.4) is 0 Å². The van der Waals surface area contributed by atoms with Gasteiger partial charge in [0.2, 0.25) is 0 Å². The molecule has 0 radical (unpaired) electrons. The number of rotatable bonds is 11. The third-order valence-electron chi connectivity index (χ3n) is 9.15. The first kappa shape index (κ1) is 33.1. The van der Waals surface area contributed by atoms with Crippen LogP contribution in [0.1, 0.15) is 78.6 Å². The van der Waals surface area contributed by atoms with Crippen molar-refractivity contribution in [3.05, 3.63) is 30.3 Å². The van der Waals surface area contributed by atoms with Gasteiger partial charge in [-0.25, -0.2) is 0 Å². The maximum absolute atomic E-state index is 7.06. The molecule has 1 aliphatic carbocycles. The molecule has 0 amide bonds. The van der Waals surface area contributed by atoms with E-state index in [1.54, 1.807) is 0 Å².